The Morgan fingerprint density at radius 2 is 2.24 bits per heavy atom. The lowest BCUT2D eigenvalue weighted by atomic mass is 10.0. The Labute approximate surface area is 148 Å². The molecule has 0 saturated carbocycles. The van der Waals surface area contributed by atoms with Gasteiger partial charge in [0.2, 0.25) is 5.91 Å². The summed E-state index contributed by atoms with van der Waals surface area (Å²) >= 11 is 0. The van der Waals surface area contributed by atoms with Crippen molar-refractivity contribution in [3.63, 3.8) is 0 Å². The number of rotatable bonds is 9. The molecule has 0 bridgehead atoms. The van der Waals surface area contributed by atoms with Crippen LogP contribution in [0.25, 0.3) is 0 Å². The zero-order chi connectivity index (χ0) is 18.1. The standard InChI is InChI=1S/C19H27FN2O3/c1-3-4-10-25-15(2)19(23)21-14-18(22-8-11-24-12-9-22)16-6-5-7-17(20)13-16/h3,5-7,13,15,18H,1,4,8-12,14H2,2H3,(H,21,23). The third kappa shape index (κ3) is 6.23. The molecular weight excluding hydrogens is 323 g/mol. The zero-order valence-corrected chi connectivity index (χ0v) is 14.7. The molecule has 1 aliphatic heterocycles. The second-order valence-corrected chi connectivity index (χ2v) is 6.05. The maximum Gasteiger partial charge on any atom is 0.248 e. The number of nitrogens with one attached hydrogen (secondary N) is 1. The smallest absolute Gasteiger partial charge is 0.248 e. The maximum atomic E-state index is 13.6. The van der Waals surface area contributed by atoms with Crippen molar-refractivity contribution < 1.29 is 18.7 Å². The van der Waals surface area contributed by atoms with E-state index >= 15 is 0 Å². The predicted octanol–water partition coefficient (Wildman–Crippen LogP) is 2.30. The molecule has 2 unspecified atom stereocenters. The Kier molecular flexibility index (Phi) is 8.04. The van der Waals surface area contributed by atoms with E-state index in [1.165, 1.54) is 12.1 Å². The van der Waals surface area contributed by atoms with Crippen molar-refractivity contribution in [1.82, 2.24) is 10.2 Å². The molecule has 0 radical (unpaired) electrons. The number of morpholine rings is 1. The molecule has 25 heavy (non-hydrogen) atoms. The average Bonchev–Trinajstić information content (AvgIpc) is 2.63. The van der Waals surface area contributed by atoms with Crippen LogP contribution in [-0.4, -0.2) is 56.4 Å². The number of carbonyl (C=O) groups is 1. The van der Waals surface area contributed by atoms with Crippen LogP contribution in [0.3, 0.4) is 0 Å². The highest BCUT2D eigenvalue weighted by atomic mass is 19.1. The largest absolute Gasteiger partial charge is 0.379 e. The molecule has 0 aliphatic carbocycles. The molecule has 1 fully saturated rings. The van der Waals surface area contributed by atoms with E-state index in [0.717, 1.165) is 18.7 Å². The summed E-state index contributed by atoms with van der Waals surface area (Å²) in [6, 6.07) is 6.44. The van der Waals surface area contributed by atoms with Gasteiger partial charge in [-0.25, -0.2) is 4.39 Å². The molecule has 1 aromatic carbocycles. The minimum absolute atomic E-state index is 0.0936. The number of ether oxygens (including phenoxy) is 2. The van der Waals surface area contributed by atoms with Gasteiger partial charge < -0.3 is 14.8 Å². The molecule has 0 aromatic heterocycles. The number of amides is 1. The minimum atomic E-state index is -0.530. The first kappa shape index (κ1) is 19.6. The van der Waals surface area contributed by atoms with Crippen LogP contribution in [0, 0.1) is 5.82 Å². The molecule has 1 aliphatic rings. The fraction of sp³-hybridized carbons (Fsp3) is 0.526. The highest BCUT2D eigenvalue weighted by molar-refractivity contribution is 5.80. The van der Waals surface area contributed by atoms with Gasteiger partial charge in [-0.05, 0) is 31.0 Å². The lowest BCUT2D eigenvalue weighted by Crippen LogP contribution is -2.45. The second-order valence-electron chi connectivity index (χ2n) is 6.05. The summed E-state index contributed by atoms with van der Waals surface area (Å²) in [7, 11) is 0. The Balaban J connectivity index is 1.98. The first-order chi connectivity index (χ1) is 12.1. The lowest BCUT2D eigenvalue weighted by molar-refractivity contribution is -0.132. The van der Waals surface area contributed by atoms with Gasteiger partial charge >= 0.3 is 0 Å². The van der Waals surface area contributed by atoms with Gasteiger partial charge in [0.1, 0.15) is 11.9 Å². The normalized spacial score (nSPS) is 17.7. The molecule has 2 atom stereocenters. The van der Waals surface area contributed by atoms with Crippen LogP contribution in [0.5, 0.6) is 0 Å². The average molecular weight is 350 g/mol. The summed E-state index contributed by atoms with van der Waals surface area (Å²) in [6.07, 6.45) is 1.93. The fourth-order valence-electron chi connectivity index (χ4n) is 2.81. The Hall–Kier alpha value is -1.76. The van der Waals surface area contributed by atoms with Gasteiger partial charge in [-0.3, -0.25) is 9.69 Å². The first-order valence-electron chi connectivity index (χ1n) is 8.69. The highest BCUT2D eigenvalue weighted by Gasteiger charge is 2.24. The van der Waals surface area contributed by atoms with Crippen LogP contribution in [0.1, 0.15) is 24.9 Å². The Morgan fingerprint density at radius 3 is 2.92 bits per heavy atom. The van der Waals surface area contributed by atoms with Crippen LogP contribution in [0.2, 0.25) is 0 Å². The van der Waals surface area contributed by atoms with Crippen molar-refractivity contribution in [2.75, 3.05) is 39.5 Å². The van der Waals surface area contributed by atoms with E-state index in [1.807, 2.05) is 6.07 Å². The number of hydrogen-bond donors (Lipinski definition) is 1. The summed E-state index contributed by atoms with van der Waals surface area (Å²) in [5.74, 6) is -0.443. The second kappa shape index (κ2) is 10.3. The van der Waals surface area contributed by atoms with Gasteiger partial charge in [-0.15, -0.1) is 6.58 Å². The topological polar surface area (TPSA) is 50.8 Å². The Bertz CT molecular complexity index is 561. The van der Waals surface area contributed by atoms with E-state index < -0.39 is 6.10 Å². The summed E-state index contributed by atoms with van der Waals surface area (Å²) in [6.45, 7) is 9.01. The third-order valence-corrected chi connectivity index (χ3v) is 4.25. The Morgan fingerprint density at radius 1 is 1.48 bits per heavy atom. The summed E-state index contributed by atoms with van der Waals surface area (Å²) in [4.78, 5) is 14.5. The molecule has 0 spiro atoms. The van der Waals surface area contributed by atoms with Gasteiger partial charge in [-0.1, -0.05) is 18.2 Å². The molecule has 1 N–H and O–H groups in total. The molecule has 1 saturated heterocycles. The highest BCUT2D eigenvalue weighted by Crippen LogP contribution is 2.22. The molecule has 1 amide bonds. The van der Waals surface area contributed by atoms with Crippen LogP contribution < -0.4 is 5.32 Å². The number of hydrogen-bond acceptors (Lipinski definition) is 4. The van der Waals surface area contributed by atoms with Crippen LogP contribution in [0.15, 0.2) is 36.9 Å². The van der Waals surface area contributed by atoms with Crippen molar-refractivity contribution in [3.05, 3.63) is 48.3 Å². The van der Waals surface area contributed by atoms with Crippen molar-refractivity contribution in [2.24, 2.45) is 0 Å². The van der Waals surface area contributed by atoms with Gasteiger partial charge in [-0.2, -0.15) is 0 Å². The zero-order valence-electron chi connectivity index (χ0n) is 14.7. The maximum absolute atomic E-state index is 13.6. The van der Waals surface area contributed by atoms with Crippen molar-refractivity contribution in [2.45, 2.75) is 25.5 Å². The molecule has 2 rings (SSSR count). The van der Waals surface area contributed by atoms with E-state index in [9.17, 15) is 9.18 Å². The predicted molar refractivity (Wildman–Crippen MR) is 94.8 cm³/mol. The first-order valence-corrected chi connectivity index (χ1v) is 8.69. The van der Waals surface area contributed by atoms with Gasteiger partial charge in [0, 0.05) is 19.6 Å². The van der Waals surface area contributed by atoms with E-state index in [2.05, 4.69) is 16.8 Å². The van der Waals surface area contributed by atoms with E-state index in [-0.39, 0.29) is 17.8 Å². The van der Waals surface area contributed by atoms with Crippen molar-refractivity contribution >= 4 is 5.91 Å². The molecule has 5 nitrogen and oxygen atoms in total. The number of carbonyl (C=O) groups excluding carboxylic acids is 1. The van der Waals surface area contributed by atoms with Crippen LogP contribution in [0.4, 0.5) is 4.39 Å². The summed E-state index contributed by atoms with van der Waals surface area (Å²) in [5.41, 5.74) is 0.849. The number of benzene rings is 1. The third-order valence-electron chi connectivity index (χ3n) is 4.25. The van der Waals surface area contributed by atoms with Gasteiger partial charge in [0.25, 0.3) is 0 Å². The monoisotopic (exact) mass is 350 g/mol. The van der Waals surface area contributed by atoms with E-state index in [0.29, 0.717) is 32.8 Å². The van der Waals surface area contributed by atoms with Gasteiger partial charge in [0.05, 0.1) is 25.9 Å². The van der Waals surface area contributed by atoms with Crippen molar-refractivity contribution in [3.8, 4) is 0 Å². The molecular formula is C19H27FN2O3. The SMILES string of the molecule is C=CCCOC(C)C(=O)NCC(c1cccc(F)c1)N1CCOCC1. The number of nitrogens with zero attached hydrogens (tertiary/aromatic N) is 1. The van der Waals surface area contributed by atoms with Crippen LogP contribution >= 0.6 is 0 Å². The summed E-state index contributed by atoms with van der Waals surface area (Å²) in [5, 5.41) is 2.93. The molecule has 1 aromatic rings. The lowest BCUT2D eigenvalue weighted by Gasteiger charge is -2.35. The molecule has 6 heteroatoms. The number of halogens is 1. The minimum Gasteiger partial charge on any atom is -0.379 e. The van der Waals surface area contributed by atoms with E-state index in [1.54, 1.807) is 19.1 Å². The molecule has 1 heterocycles. The van der Waals surface area contributed by atoms with E-state index in [4.69, 9.17) is 9.47 Å². The molecule has 138 valence electrons. The summed E-state index contributed by atoms with van der Waals surface area (Å²) < 4.78 is 24.5. The van der Waals surface area contributed by atoms with Crippen molar-refractivity contribution in [1.29, 1.82) is 0 Å². The quantitative estimate of drug-likeness (QED) is 0.548. The van der Waals surface area contributed by atoms with Crippen LogP contribution in [-0.2, 0) is 14.3 Å². The van der Waals surface area contributed by atoms with Gasteiger partial charge in [0.15, 0.2) is 0 Å². The fourth-order valence-corrected chi connectivity index (χ4v) is 2.81.